The first-order chi connectivity index (χ1) is 16.9. The maximum atomic E-state index is 13.5. The van der Waals surface area contributed by atoms with E-state index in [9.17, 15) is 9.59 Å². The molecule has 0 saturated carbocycles. The summed E-state index contributed by atoms with van der Waals surface area (Å²) in [5.41, 5.74) is 5.91. The minimum absolute atomic E-state index is 0.153. The van der Waals surface area contributed by atoms with Crippen LogP contribution in [-0.4, -0.2) is 34.5 Å². The highest BCUT2D eigenvalue weighted by Crippen LogP contribution is 2.26. The van der Waals surface area contributed by atoms with Crippen LogP contribution >= 0.6 is 0 Å². The Balaban J connectivity index is 1.59. The molecule has 6 heteroatoms. The molecule has 0 aliphatic rings. The molecule has 0 spiro atoms. The van der Waals surface area contributed by atoms with Gasteiger partial charge in [-0.1, -0.05) is 55.5 Å². The standard InChI is InChI=1S/C29H32N4O2/c1-5-24-21(3)33(27-14-10-9-13-25(24)27)19-28(34)31-26(17-22-11-7-6-8-12-22)29(35)32(4)23-16-15-20(2)30-18-23/h6-16,18,26H,5,17,19H2,1-4H3,(H,31,34)/t26-/m0/s1. The van der Waals surface area contributed by atoms with E-state index in [0.29, 0.717) is 12.1 Å². The number of amides is 2. The van der Waals surface area contributed by atoms with E-state index >= 15 is 0 Å². The number of nitrogens with zero attached hydrogens (tertiary/aromatic N) is 3. The molecule has 35 heavy (non-hydrogen) atoms. The highest BCUT2D eigenvalue weighted by molar-refractivity contribution is 5.99. The van der Waals surface area contributed by atoms with E-state index in [1.807, 2.05) is 72.2 Å². The SMILES string of the molecule is CCc1c(C)n(CC(=O)N[C@@H](Cc2ccccc2)C(=O)N(C)c2ccc(C)nc2)c2ccccc12. The zero-order valence-corrected chi connectivity index (χ0v) is 20.8. The summed E-state index contributed by atoms with van der Waals surface area (Å²) >= 11 is 0. The first-order valence-electron chi connectivity index (χ1n) is 12.0. The van der Waals surface area contributed by atoms with Crippen LogP contribution in [0.1, 0.15) is 29.4 Å². The first kappa shape index (κ1) is 24.2. The third-order valence-corrected chi connectivity index (χ3v) is 6.55. The van der Waals surface area contributed by atoms with Crippen molar-refractivity contribution in [2.75, 3.05) is 11.9 Å². The number of aromatic nitrogens is 2. The van der Waals surface area contributed by atoms with E-state index in [4.69, 9.17) is 0 Å². The molecule has 0 aliphatic heterocycles. The number of likely N-dealkylation sites (N-methyl/N-ethyl adjacent to an activating group) is 1. The third-order valence-electron chi connectivity index (χ3n) is 6.55. The van der Waals surface area contributed by atoms with Gasteiger partial charge in [-0.3, -0.25) is 14.6 Å². The normalized spacial score (nSPS) is 11.9. The van der Waals surface area contributed by atoms with Gasteiger partial charge >= 0.3 is 0 Å². The van der Waals surface area contributed by atoms with E-state index in [-0.39, 0.29) is 18.4 Å². The topological polar surface area (TPSA) is 67.2 Å². The van der Waals surface area contributed by atoms with Crippen LogP contribution in [0, 0.1) is 13.8 Å². The van der Waals surface area contributed by atoms with Gasteiger partial charge in [-0.2, -0.15) is 0 Å². The number of fused-ring (bicyclic) bond motifs is 1. The number of benzene rings is 2. The van der Waals surface area contributed by atoms with Crippen molar-refractivity contribution in [2.24, 2.45) is 0 Å². The van der Waals surface area contributed by atoms with E-state index in [1.54, 1.807) is 18.1 Å². The third kappa shape index (κ3) is 5.27. The lowest BCUT2D eigenvalue weighted by atomic mass is 10.0. The molecule has 0 saturated heterocycles. The lowest BCUT2D eigenvalue weighted by Gasteiger charge is -2.25. The molecule has 180 valence electrons. The average Bonchev–Trinajstić information content (AvgIpc) is 3.14. The molecule has 0 bridgehead atoms. The van der Waals surface area contributed by atoms with Crippen molar-refractivity contribution in [1.82, 2.24) is 14.9 Å². The summed E-state index contributed by atoms with van der Waals surface area (Å²) in [7, 11) is 1.72. The van der Waals surface area contributed by atoms with Crippen LogP contribution in [-0.2, 0) is 29.0 Å². The Morgan fingerprint density at radius 2 is 1.71 bits per heavy atom. The van der Waals surface area contributed by atoms with Crippen molar-refractivity contribution in [3.8, 4) is 0 Å². The van der Waals surface area contributed by atoms with E-state index < -0.39 is 6.04 Å². The van der Waals surface area contributed by atoms with Gasteiger partial charge in [-0.25, -0.2) is 0 Å². The van der Waals surface area contributed by atoms with Gasteiger partial charge in [0, 0.05) is 35.8 Å². The zero-order valence-electron chi connectivity index (χ0n) is 20.8. The number of carbonyl (C=O) groups is 2. The van der Waals surface area contributed by atoms with E-state index in [1.165, 1.54) is 10.9 Å². The second-order valence-corrected chi connectivity index (χ2v) is 8.89. The molecule has 2 heterocycles. The Hall–Kier alpha value is -3.93. The number of hydrogen-bond acceptors (Lipinski definition) is 3. The fourth-order valence-electron chi connectivity index (χ4n) is 4.61. The van der Waals surface area contributed by atoms with Gasteiger partial charge in [0.2, 0.25) is 11.8 Å². The summed E-state index contributed by atoms with van der Waals surface area (Å²) in [4.78, 5) is 32.7. The lowest BCUT2D eigenvalue weighted by molar-refractivity contribution is -0.127. The van der Waals surface area contributed by atoms with Crippen LogP contribution in [0.25, 0.3) is 10.9 Å². The Bertz CT molecular complexity index is 1330. The molecule has 4 rings (SSSR count). The van der Waals surface area contributed by atoms with Gasteiger partial charge in [0.15, 0.2) is 0 Å². The Morgan fingerprint density at radius 3 is 2.40 bits per heavy atom. The molecule has 6 nitrogen and oxygen atoms in total. The zero-order chi connectivity index (χ0) is 24.9. The number of anilines is 1. The molecule has 2 aromatic carbocycles. The minimum atomic E-state index is -0.705. The van der Waals surface area contributed by atoms with Crippen LogP contribution in [0.4, 0.5) is 5.69 Å². The summed E-state index contributed by atoms with van der Waals surface area (Å²) < 4.78 is 2.04. The predicted octanol–water partition coefficient (Wildman–Crippen LogP) is 4.61. The summed E-state index contributed by atoms with van der Waals surface area (Å²) in [5, 5.41) is 4.19. The molecule has 2 amide bonds. The van der Waals surface area contributed by atoms with Crippen LogP contribution in [0.5, 0.6) is 0 Å². The fraction of sp³-hybridized carbons (Fsp3) is 0.276. The monoisotopic (exact) mass is 468 g/mol. The highest BCUT2D eigenvalue weighted by Gasteiger charge is 2.26. The second kappa shape index (κ2) is 10.6. The van der Waals surface area contributed by atoms with Crippen LogP contribution in [0.3, 0.4) is 0 Å². The highest BCUT2D eigenvalue weighted by atomic mass is 16.2. The Morgan fingerprint density at radius 1 is 1.00 bits per heavy atom. The number of aryl methyl sites for hydroxylation is 2. The summed E-state index contributed by atoms with van der Waals surface area (Å²) in [6.07, 6.45) is 2.97. The van der Waals surface area contributed by atoms with Crippen molar-refractivity contribution in [3.63, 3.8) is 0 Å². The molecule has 1 atom stereocenters. The summed E-state index contributed by atoms with van der Waals surface area (Å²) in [6.45, 7) is 6.24. The van der Waals surface area contributed by atoms with Crippen molar-refractivity contribution >= 4 is 28.4 Å². The Labute approximate surface area is 206 Å². The van der Waals surface area contributed by atoms with Crippen molar-refractivity contribution in [2.45, 2.75) is 46.2 Å². The first-order valence-corrected chi connectivity index (χ1v) is 12.0. The van der Waals surface area contributed by atoms with Gasteiger partial charge in [-0.15, -0.1) is 0 Å². The van der Waals surface area contributed by atoms with Crippen LogP contribution < -0.4 is 10.2 Å². The molecule has 1 N–H and O–H groups in total. The quantitative estimate of drug-likeness (QED) is 0.411. The molecule has 0 fully saturated rings. The lowest BCUT2D eigenvalue weighted by Crippen LogP contribution is -2.49. The van der Waals surface area contributed by atoms with Gasteiger partial charge in [0.1, 0.15) is 12.6 Å². The summed E-state index contributed by atoms with van der Waals surface area (Å²) in [5.74, 6) is -0.377. The average molecular weight is 469 g/mol. The molecule has 0 aliphatic carbocycles. The summed E-state index contributed by atoms with van der Waals surface area (Å²) in [6, 6.07) is 20.9. The second-order valence-electron chi connectivity index (χ2n) is 8.89. The Kier molecular flexibility index (Phi) is 7.30. The smallest absolute Gasteiger partial charge is 0.249 e. The fourth-order valence-corrected chi connectivity index (χ4v) is 4.61. The number of para-hydroxylation sites is 1. The van der Waals surface area contributed by atoms with Gasteiger partial charge in [0.25, 0.3) is 0 Å². The number of hydrogen-bond donors (Lipinski definition) is 1. The molecule has 0 radical (unpaired) electrons. The van der Waals surface area contributed by atoms with E-state index in [2.05, 4.69) is 30.2 Å². The molecule has 2 aromatic heterocycles. The van der Waals surface area contributed by atoms with Gasteiger partial charge in [0.05, 0.1) is 11.9 Å². The van der Waals surface area contributed by atoms with Crippen molar-refractivity contribution < 1.29 is 9.59 Å². The number of carbonyl (C=O) groups excluding carboxylic acids is 2. The predicted molar refractivity (Wildman–Crippen MR) is 141 cm³/mol. The number of nitrogens with one attached hydrogen (secondary N) is 1. The molecular weight excluding hydrogens is 436 g/mol. The molecular formula is C29H32N4O2. The number of rotatable bonds is 8. The molecule has 4 aromatic rings. The largest absolute Gasteiger partial charge is 0.342 e. The number of pyridine rings is 1. The van der Waals surface area contributed by atoms with Crippen molar-refractivity contribution in [3.05, 3.63) is 95.4 Å². The van der Waals surface area contributed by atoms with Crippen LogP contribution in [0.2, 0.25) is 0 Å². The van der Waals surface area contributed by atoms with Crippen LogP contribution in [0.15, 0.2) is 72.9 Å². The van der Waals surface area contributed by atoms with Gasteiger partial charge in [-0.05, 0) is 49.6 Å². The molecule has 0 unspecified atom stereocenters. The maximum Gasteiger partial charge on any atom is 0.249 e. The van der Waals surface area contributed by atoms with Crippen molar-refractivity contribution in [1.29, 1.82) is 0 Å². The van der Waals surface area contributed by atoms with Gasteiger partial charge < -0.3 is 14.8 Å². The van der Waals surface area contributed by atoms with E-state index in [0.717, 1.165) is 28.9 Å². The minimum Gasteiger partial charge on any atom is -0.342 e. The maximum absolute atomic E-state index is 13.5.